The first-order chi connectivity index (χ1) is 14.0. The van der Waals surface area contributed by atoms with Crippen LogP contribution in [-0.2, 0) is 29.5 Å². The third kappa shape index (κ3) is 4.97. The zero-order valence-electron chi connectivity index (χ0n) is 17.9. The van der Waals surface area contributed by atoms with Crippen LogP contribution < -0.4 is 10.6 Å². The maximum absolute atomic E-state index is 13.0. The molecular weight excluding hydrogens is 386 g/mol. The second-order valence-electron chi connectivity index (χ2n) is 8.27. The van der Waals surface area contributed by atoms with Gasteiger partial charge in [0.15, 0.2) is 0 Å². The van der Waals surface area contributed by atoms with Crippen molar-refractivity contribution in [3.05, 3.63) is 41.2 Å². The van der Waals surface area contributed by atoms with E-state index >= 15 is 0 Å². The number of hydrogen-bond acceptors (Lipinski definition) is 5. The van der Waals surface area contributed by atoms with Crippen LogP contribution in [0.2, 0.25) is 0 Å². The van der Waals surface area contributed by atoms with Crippen molar-refractivity contribution < 1.29 is 19.1 Å². The first kappa shape index (κ1) is 21.4. The number of aromatic nitrogens is 2. The molecule has 2 N–H and O–H groups in total. The summed E-state index contributed by atoms with van der Waals surface area (Å²) in [6.07, 6.45) is 0.139. The number of nitrogens with zero attached hydrogens (tertiary/aromatic N) is 3. The van der Waals surface area contributed by atoms with E-state index < -0.39 is 11.7 Å². The molecule has 9 nitrogen and oxygen atoms in total. The second-order valence-corrected chi connectivity index (χ2v) is 8.27. The Morgan fingerprint density at radius 2 is 1.80 bits per heavy atom. The summed E-state index contributed by atoms with van der Waals surface area (Å²) in [6.45, 7) is 7.62. The summed E-state index contributed by atoms with van der Waals surface area (Å²) in [5.74, 6) is -0.529. The molecule has 1 aliphatic heterocycles. The molecule has 0 saturated heterocycles. The van der Waals surface area contributed by atoms with E-state index in [9.17, 15) is 14.4 Å². The van der Waals surface area contributed by atoms with Gasteiger partial charge in [0.1, 0.15) is 11.3 Å². The summed E-state index contributed by atoms with van der Waals surface area (Å²) in [7, 11) is 1.71. The quantitative estimate of drug-likeness (QED) is 0.805. The lowest BCUT2D eigenvalue weighted by Crippen LogP contribution is -2.40. The number of ether oxygens (including phenoxy) is 1. The Hall–Kier alpha value is -3.36. The van der Waals surface area contributed by atoms with E-state index in [0.29, 0.717) is 35.6 Å². The van der Waals surface area contributed by atoms with E-state index in [1.165, 1.54) is 11.6 Å². The minimum atomic E-state index is -0.592. The largest absolute Gasteiger partial charge is 0.444 e. The number of carbonyl (C=O) groups is 3. The number of nitrogens with one attached hydrogen (secondary N) is 2. The van der Waals surface area contributed by atoms with Gasteiger partial charge in [-0.25, -0.2) is 4.79 Å². The minimum Gasteiger partial charge on any atom is -0.444 e. The zero-order valence-corrected chi connectivity index (χ0v) is 17.9. The summed E-state index contributed by atoms with van der Waals surface area (Å²) in [6, 6.07) is 6.89. The maximum atomic E-state index is 13.0. The van der Waals surface area contributed by atoms with Crippen molar-refractivity contribution in [1.29, 1.82) is 0 Å². The van der Waals surface area contributed by atoms with Gasteiger partial charge in [-0.05, 0) is 39.0 Å². The lowest BCUT2D eigenvalue weighted by atomic mass is 10.1. The van der Waals surface area contributed by atoms with Crippen molar-refractivity contribution in [3.63, 3.8) is 0 Å². The van der Waals surface area contributed by atoms with Crippen LogP contribution in [-0.4, -0.2) is 44.7 Å². The van der Waals surface area contributed by atoms with Crippen LogP contribution in [0.3, 0.4) is 0 Å². The topological polar surface area (TPSA) is 106 Å². The fraction of sp³-hybridized carbons (Fsp3) is 0.429. The van der Waals surface area contributed by atoms with Crippen molar-refractivity contribution in [3.8, 4) is 0 Å². The molecule has 0 fully saturated rings. The van der Waals surface area contributed by atoms with Crippen LogP contribution in [0.15, 0.2) is 24.3 Å². The summed E-state index contributed by atoms with van der Waals surface area (Å²) in [5.41, 5.74) is 2.44. The van der Waals surface area contributed by atoms with Gasteiger partial charge >= 0.3 is 6.09 Å². The summed E-state index contributed by atoms with van der Waals surface area (Å²) >= 11 is 0. The van der Waals surface area contributed by atoms with Gasteiger partial charge in [-0.1, -0.05) is 6.07 Å². The third-order valence-corrected chi connectivity index (χ3v) is 4.50. The van der Waals surface area contributed by atoms with Gasteiger partial charge < -0.3 is 20.3 Å². The number of carbonyl (C=O) groups excluding carboxylic acids is 3. The lowest BCUT2D eigenvalue weighted by molar-refractivity contribution is -0.114. The smallest absolute Gasteiger partial charge is 0.410 e. The molecular formula is C21H27N5O4. The highest BCUT2D eigenvalue weighted by Crippen LogP contribution is 2.25. The van der Waals surface area contributed by atoms with E-state index in [1.807, 2.05) is 20.8 Å². The number of anilines is 2. The second kappa shape index (κ2) is 8.17. The molecule has 1 aliphatic rings. The summed E-state index contributed by atoms with van der Waals surface area (Å²) in [5, 5.41) is 9.99. The Morgan fingerprint density at radius 1 is 1.13 bits per heavy atom. The highest BCUT2D eigenvalue weighted by atomic mass is 16.6. The average Bonchev–Trinajstić information content (AvgIpc) is 2.94. The Kier molecular flexibility index (Phi) is 5.82. The van der Waals surface area contributed by atoms with E-state index in [1.54, 1.807) is 36.2 Å². The maximum Gasteiger partial charge on any atom is 0.410 e. The lowest BCUT2D eigenvalue weighted by Gasteiger charge is -2.29. The summed E-state index contributed by atoms with van der Waals surface area (Å²) in [4.78, 5) is 38.3. The molecule has 1 aromatic heterocycles. The summed E-state index contributed by atoms with van der Waals surface area (Å²) < 4.78 is 7.00. The molecule has 0 radical (unpaired) electrons. The monoisotopic (exact) mass is 413 g/mol. The fourth-order valence-electron chi connectivity index (χ4n) is 3.34. The minimum absolute atomic E-state index is 0.193. The molecule has 0 unspecified atom stereocenters. The normalized spacial score (nSPS) is 13.4. The van der Waals surface area contributed by atoms with Crippen molar-refractivity contribution in [2.24, 2.45) is 7.05 Å². The number of fused-ring (bicyclic) bond motifs is 1. The number of aryl methyl sites for hydroxylation is 1. The van der Waals surface area contributed by atoms with Crippen molar-refractivity contribution >= 4 is 29.3 Å². The van der Waals surface area contributed by atoms with Crippen LogP contribution in [0.5, 0.6) is 0 Å². The van der Waals surface area contributed by atoms with Gasteiger partial charge in [0.05, 0.1) is 12.2 Å². The Labute approximate surface area is 175 Å². The Bertz CT molecular complexity index is 990. The highest BCUT2D eigenvalue weighted by Gasteiger charge is 2.31. The van der Waals surface area contributed by atoms with Crippen LogP contribution in [0.4, 0.5) is 16.2 Å². The van der Waals surface area contributed by atoms with Gasteiger partial charge in [-0.3, -0.25) is 14.3 Å². The number of amides is 3. The van der Waals surface area contributed by atoms with Gasteiger partial charge in [-0.15, -0.1) is 0 Å². The molecule has 3 amide bonds. The first-order valence-electron chi connectivity index (χ1n) is 9.75. The molecule has 0 bridgehead atoms. The van der Waals surface area contributed by atoms with E-state index in [-0.39, 0.29) is 18.4 Å². The van der Waals surface area contributed by atoms with Gasteiger partial charge in [-0.2, -0.15) is 5.10 Å². The Balaban J connectivity index is 1.80. The van der Waals surface area contributed by atoms with Crippen LogP contribution in [0.25, 0.3) is 0 Å². The SMILES string of the molecule is CC(=O)Nc1cccc(NC(=O)c2c3c(nn2C)CCN(C(=O)OC(C)(C)C)C3)c1. The zero-order chi connectivity index (χ0) is 22.1. The van der Waals surface area contributed by atoms with E-state index in [0.717, 1.165) is 5.69 Å². The molecule has 0 saturated carbocycles. The number of rotatable bonds is 3. The molecule has 1 aromatic carbocycles. The van der Waals surface area contributed by atoms with Gasteiger partial charge in [0.2, 0.25) is 5.91 Å². The van der Waals surface area contributed by atoms with Crippen LogP contribution >= 0.6 is 0 Å². The molecule has 2 heterocycles. The van der Waals surface area contributed by atoms with Crippen LogP contribution in [0.1, 0.15) is 49.4 Å². The average molecular weight is 413 g/mol. The molecule has 2 aromatic rings. The fourth-order valence-corrected chi connectivity index (χ4v) is 3.34. The van der Waals surface area contributed by atoms with Crippen molar-refractivity contribution in [1.82, 2.24) is 14.7 Å². The standard InChI is InChI=1S/C21H27N5O4/c1-13(27)22-14-7-6-8-15(11-14)23-19(28)18-16-12-26(20(29)30-21(2,3)4)10-9-17(16)24-25(18)5/h6-8,11H,9-10,12H2,1-5H3,(H,22,27)(H,23,28). The first-order valence-corrected chi connectivity index (χ1v) is 9.75. The van der Waals surface area contributed by atoms with Gasteiger partial charge in [0, 0.05) is 43.9 Å². The number of hydrogen-bond donors (Lipinski definition) is 2. The Morgan fingerprint density at radius 3 is 2.43 bits per heavy atom. The molecule has 0 aliphatic carbocycles. The van der Waals surface area contributed by atoms with Crippen molar-refractivity contribution in [2.45, 2.75) is 46.3 Å². The molecule has 0 atom stereocenters. The molecule has 30 heavy (non-hydrogen) atoms. The predicted molar refractivity (Wildman–Crippen MR) is 112 cm³/mol. The van der Waals surface area contributed by atoms with E-state index in [2.05, 4.69) is 15.7 Å². The third-order valence-electron chi connectivity index (χ3n) is 4.50. The highest BCUT2D eigenvalue weighted by molar-refractivity contribution is 6.04. The molecule has 9 heteroatoms. The number of benzene rings is 1. The molecule has 0 spiro atoms. The molecule has 160 valence electrons. The van der Waals surface area contributed by atoms with Gasteiger partial charge in [0.25, 0.3) is 5.91 Å². The van der Waals surface area contributed by atoms with E-state index in [4.69, 9.17) is 4.74 Å². The van der Waals surface area contributed by atoms with Crippen LogP contribution in [0, 0.1) is 0 Å². The predicted octanol–water partition coefficient (Wildman–Crippen LogP) is 2.92. The molecule has 3 rings (SSSR count). The van der Waals surface area contributed by atoms with Crippen molar-refractivity contribution in [2.75, 3.05) is 17.2 Å².